The molecule has 2 N–H and O–H groups in total. The average molecular weight is 357 g/mol. The van der Waals surface area contributed by atoms with Crippen molar-refractivity contribution in [2.75, 3.05) is 0 Å². The van der Waals surface area contributed by atoms with Gasteiger partial charge in [-0.1, -0.05) is 29.9 Å². The summed E-state index contributed by atoms with van der Waals surface area (Å²) in [7, 11) is 0. The van der Waals surface area contributed by atoms with Gasteiger partial charge in [-0.05, 0) is 72.5 Å². The van der Waals surface area contributed by atoms with Crippen molar-refractivity contribution in [3.8, 4) is 11.8 Å². The summed E-state index contributed by atoms with van der Waals surface area (Å²) in [6, 6.07) is 13.3. The lowest BCUT2D eigenvalue weighted by Gasteiger charge is -2.12. The number of thiocarbonyl (C=S) groups is 1. The van der Waals surface area contributed by atoms with Crippen molar-refractivity contribution in [1.82, 2.24) is 0 Å². The Balaban J connectivity index is 2.27. The zero-order valence-corrected chi connectivity index (χ0v) is 15.0. The van der Waals surface area contributed by atoms with E-state index in [1.807, 2.05) is 38.1 Å². The molecule has 0 bridgehead atoms. The molecule has 2 aromatic carbocycles. The first-order valence-electron chi connectivity index (χ1n) is 7.31. The van der Waals surface area contributed by atoms with E-state index in [-0.39, 0.29) is 4.99 Å². The molecule has 2 aromatic rings. The first-order chi connectivity index (χ1) is 11.4. The number of aryl methyl sites for hydroxylation is 2. The van der Waals surface area contributed by atoms with E-state index in [0.29, 0.717) is 17.2 Å². The first-order valence-corrected chi connectivity index (χ1v) is 8.09. The molecule has 0 spiro atoms. The summed E-state index contributed by atoms with van der Waals surface area (Å²) < 4.78 is 5.81. The van der Waals surface area contributed by atoms with Crippen LogP contribution < -0.4 is 10.5 Å². The number of ether oxygens (including phenoxy) is 1. The van der Waals surface area contributed by atoms with Gasteiger partial charge < -0.3 is 10.5 Å². The zero-order valence-electron chi connectivity index (χ0n) is 13.5. The summed E-state index contributed by atoms with van der Waals surface area (Å²) in [5.74, 6) is 0.748. The van der Waals surface area contributed by atoms with Crippen molar-refractivity contribution >= 4 is 34.9 Å². The topological polar surface area (TPSA) is 59.0 Å². The summed E-state index contributed by atoms with van der Waals surface area (Å²) in [6.45, 7) is 4.43. The third-order valence-corrected chi connectivity index (χ3v) is 4.09. The Hall–Kier alpha value is -2.35. The van der Waals surface area contributed by atoms with E-state index < -0.39 is 0 Å². The Bertz CT molecular complexity index is 836. The van der Waals surface area contributed by atoms with Crippen LogP contribution in [0.25, 0.3) is 6.08 Å². The standard InChI is InChI=1S/C19H17ClN2OS/c1-12-7-13(2)16(9-14(12)8-15(10-21)19(22)24)11-23-18-5-3-17(20)4-6-18/h3-9H,11H2,1-2H3,(H2,22,24). The lowest BCUT2D eigenvalue weighted by Crippen LogP contribution is -2.10. The van der Waals surface area contributed by atoms with Gasteiger partial charge in [0.25, 0.3) is 0 Å². The fourth-order valence-corrected chi connectivity index (χ4v) is 2.46. The molecular weight excluding hydrogens is 340 g/mol. The van der Waals surface area contributed by atoms with Gasteiger partial charge in [0.15, 0.2) is 0 Å². The monoisotopic (exact) mass is 356 g/mol. The van der Waals surface area contributed by atoms with Gasteiger partial charge >= 0.3 is 0 Å². The van der Waals surface area contributed by atoms with Gasteiger partial charge in [-0.3, -0.25) is 0 Å². The van der Waals surface area contributed by atoms with Gasteiger partial charge in [0.2, 0.25) is 0 Å². The molecule has 0 unspecified atom stereocenters. The highest BCUT2D eigenvalue weighted by Gasteiger charge is 2.07. The molecule has 0 aromatic heterocycles. The lowest BCUT2D eigenvalue weighted by atomic mass is 9.98. The molecule has 24 heavy (non-hydrogen) atoms. The van der Waals surface area contributed by atoms with Crippen LogP contribution in [0, 0.1) is 25.2 Å². The molecular formula is C19H17ClN2OS. The minimum Gasteiger partial charge on any atom is -0.489 e. The number of nitrogens with two attached hydrogens (primary N) is 1. The Labute approximate surface area is 152 Å². The van der Waals surface area contributed by atoms with Crippen molar-refractivity contribution < 1.29 is 4.74 Å². The highest BCUT2D eigenvalue weighted by molar-refractivity contribution is 7.80. The maximum Gasteiger partial charge on any atom is 0.119 e. The summed E-state index contributed by atoms with van der Waals surface area (Å²) in [6.07, 6.45) is 1.71. The largest absolute Gasteiger partial charge is 0.489 e. The van der Waals surface area contributed by atoms with Crippen molar-refractivity contribution in [2.24, 2.45) is 5.73 Å². The van der Waals surface area contributed by atoms with Crippen LogP contribution in [0.1, 0.15) is 22.3 Å². The Morgan fingerprint density at radius 2 is 1.92 bits per heavy atom. The van der Waals surface area contributed by atoms with Gasteiger partial charge in [0, 0.05) is 5.02 Å². The highest BCUT2D eigenvalue weighted by atomic mass is 35.5. The van der Waals surface area contributed by atoms with Gasteiger partial charge in [-0.2, -0.15) is 5.26 Å². The Morgan fingerprint density at radius 3 is 2.50 bits per heavy atom. The second-order valence-corrected chi connectivity index (χ2v) is 6.29. The molecule has 0 radical (unpaired) electrons. The second-order valence-electron chi connectivity index (χ2n) is 5.41. The molecule has 122 valence electrons. The fraction of sp³-hybridized carbons (Fsp3) is 0.158. The van der Waals surface area contributed by atoms with Gasteiger partial charge in [-0.15, -0.1) is 0 Å². The quantitative estimate of drug-likeness (QED) is 0.478. The predicted molar refractivity (Wildman–Crippen MR) is 102 cm³/mol. The third-order valence-electron chi connectivity index (χ3n) is 3.62. The molecule has 0 aliphatic rings. The summed E-state index contributed by atoms with van der Waals surface area (Å²) in [5.41, 5.74) is 9.96. The molecule has 0 atom stereocenters. The van der Waals surface area contributed by atoms with Crippen LogP contribution in [0.15, 0.2) is 42.0 Å². The van der Waals surface area contributed by atoms with Crippen LogP contribution >= 0.6 is 23.8 Å². The van der Waals surface area contributed by atoms with Crippen LogP contribution in [0.2, 0.25) is 5.02 Å². The molecule has 2 rings (SSSR count). The molecule has 5 heteroatoms. The number of halogens is 1. The third kappa shape index (κ3) is 4.58. The van der Waals surface area contributed by atoms with Gasteiger partial charge in [0.1, 0.15) is 23.4 Å². The van der Waals surface area contributed by atoms with Crippen molar-refractivity contribution in [3.63, 3.8) is 0 Å². The molecule has 0 fully saturated rings. The lowest BCUT2D eigenvalue weighted by molar-refractivity contribution is 0.305. The van der Waals surface area contributed by atoms with E-state index in [9.17, 15) is 0 Å². The number of hydrogen-bond acceptors (Lipinski definition) is 3. The SMILES string of the molecule is Cc1cc(C)c(COc2ccc(Cl)cc2)cc1C=C(C#N)C(N)=S. The number of benzene rings is 2. The van der Waals surface area contributed by atoms with Crippen LogP contribution in [0.3, 0.4) is 0 Å². The van der Waals surface area contributed by atoms with E-state index in [4.69, 9.17) is 39.6 Å². The van der Waals surface area contributed by atoms with Gasteiger partial charge in [0.05, 0.1) is 5.57 Å². The van der Waals surface area contributed by atoms with Crippen LogP contribution in [-0.2, 0) is 6.61 Å². The maximum absolute atomic E-state index is 9.13. The maximum atomic E-state index is 9.13. The smallest absolute Gasteiger partial charge is 0.119 e. The van der Waals surface area contributed by atoms with Crippen molar-refractivity contribution in [1.29, 1.82) is 5.26 Å². The molecule has 0 aliphatic carbocycles. The van der Waals surface area contributed by atoms with Crippen LogP contribution in [0.5, 0.6) is 5.75 Å². The van der Waals surface area contributed by atoms with Crippen molar-refractivity contribution in [3.05, 3.63) is 69.2 Å². The highest BCUT2D eigenvalue weighted by Crippen LogP contribution is 2.22. The minimum absolute atomic E-state index is 0.0939. The summed E-state index contributed by atoms with van der Waals surface area (Å²) in [5, 5.41) is 9.80. The summed E-state index contributed by atoms with van der Waals surface area (Å²) >= 11 is 10.8. The van der Waals surface area contributed by atoms with Crippen LogP contribution in [0.4, 0.5) is 0 Å². The zero-order chi connectivity index (χ0) is 17.7. The molecule has 0 saturated carbocycles. The fourth-order valence-electron chi connectivity index (χ4n) is 2.23. The van der Waals surface area contributed by atoms with E-state index in [0.717, 1.165) is 28.0 Å². The first kappa shape index (κ1) is 18.0. The number of nitrogens with zero attached hydrogens (tertiary/aromatic N) is 1. The molecule has 0 saturated heterocycles. The minimum atomic E-state index is 0.0939. The summed E-state index contributed by atoms with van der Waals surface area (Å²) in [4.78, 5) is 0.0939. The number of hydrogen-bond donors (Lipinski definition) is 1. The van der Waals surface area contributed by atoms with E-state index in [2.05, 4.69) is 6.07 Å². The molecule has 0 heterocycles. The normalized spacial score (nSPS) is 11.0. The Morgan fingerprint density at radius 1 is 1.25 bits per heavy atom. The molecule has 3 nitrogen and oxygen atoms in total. The van der Waals surface area contributed by atoms with E-state index >= 15 is 0 Å². The molecule has 0 amide bonds. The van der Waals surface area contributed by atoms with Crippen LogP contribution in [-0.4, -0.2) is 4.99 Å². The predicted octanol–water partition coefficient (Wildman–Crippen LogP) is 4.73. The van der Waals surface area contributed by atoms with Gasteiger partial charge in [-0.25, -0.2) is 0 Å². The second kappa shape index (κ2) is 7.96. The molecule has 0 aliphatic heterocycles. The van der Waals surface area contributed by atoms with E-state index in [1.54, 1.807) is 18.2 Å². The number of rotatable bonds is 5. The average Bonchev–Trinajstić information content (AvgIpc) is 2.54. The van der Waals surface area contributed by atoms with E-state index in [1.165, 1.54) is 0 Å². The Kier molecular flexibility index (Phi) is 5.97. The number of nitriles is 1. The van der Waals surface area contributed by atoms with Crippen molar-refractivity contribution in [2.45, 2.75) is 20.5 Å².